The van der Waals surface area contributed by atoms with Crippen LogP contribution < -0.4 is 5.73 Å². The van der Waals surface area contributed by atoms with Crippen LogP contribution in [-0.4, -0.2) is 4.99 Å². The van der Waals surface area contributed by atoms with E-state index in [0.717, 1.165) is 4.47 Å². The van der Waals surface area contributed by atoms with E-state index < -0.39 is 0 Å². The van der Waals surface area contributed by atoms with Gasteiger partial charge < -0.3 is 5.73 Å². The molecule has 0 aromatic heterocycles. The molecule has 0 saturated carbocycles. The fourth-order valence-corrected chi connectivity index (χ4v) is 1.62. The molecule has 0 radical (unpaired) electrons. The Morgan fingerprint density at radius 1 is 1.64 bits per heavy atom. The molecule has 0 aliphatic carbocycles. The predicted molar refractivity (Wildman–Crippen MR) is 63.8 cm³/mol. The van der Waals surface area contributed by atoms with E-state index in [-0.39, 0.29) is 11.7 Å². The molecule has 0 amide bonds. The Labute approximate surface area is 96.6 Å². The topological polar surface area (TPSA) is 26.0 Å². The molecule has 1 nitrogen and oxygen atoms in total. The van der Waals surface area contributed by atoms with Crippen LogP contribution in [0.15, 0.2) is 22.7 Å². The standard InChI is InChI=1S/C10H11BrFNS/c1-6(10(13)14)4-7-5-8(11)2-3-9(7)12/h2-3,5-6H,4H2,1H3,(H2,13,14). The average Bonchev–Trinajstić information content (AvgIpc) is 2.11. The molecule has 0 fully saturated rings. The van der Waals surface area contributed by atoms with E-state index in [0.29, 0.717) is 17.0 Å². The van der Waals surface area contributed by atoms with Gasteiger partial charge in [-0.3, -0.25) is 0 Å². The van der Waals surface area contributed by atoms with Gasteiger partial charge >= 0.3 is 0 Å². The summed E-state index contributed by atoms with van der Waals surface area (Å²) >= 11 is 8.13. The highest BCUT2D eigenvalue weighted by atomic mass is 79.9. The third-order valence-corrected chi connectivity index (χ3v) is 2.92. The Balaban J connectivity index is 2.85. The molecule has 0 saturated heterocycles. The maximum Gasteiger partial charge on any atom is 0.126 e. The maximum absolute atomic E-state index is 13.3. The SMILES string of the molecule is CC(Cc1cc(Br)ccc1F)C(N)=S. The highest BCUT2D eigenvalue weighted by Crippen LogP contribution is 2.18. The number of thiocarbonyl (C=S) groups is 1. The van der Waals surface area contributed by atoms with Crippen LogP contribution in [0, 0.1) is 11.7 Å². The Kier molecular flexibility index (Phi) is 4.01. The van der Waals surface area contributed by atoms with Gasteiger partial charge in [0.25, 0.3) is 0 Å². The molecular formula is C10H11BrFNS. The van der Waals surface area contributed by atoms with Crippen LogP contribution in [0.4, 0.5) is 4.39 Å². The summed E-state index contributed by atoms with van der Waals surface area (Å²) in [4.78, 5) is 0.421. The summed E-state index contributed by atoms with van der Waals surface area (Å²) in [6.45, 7) is 1.89. The van der Waals surface area contributed by atoms with Crippen LogP contribution in [0.1, 0.15) is 12.5 Å². The molecule has 1 rings (SSSR count). The van der Waals surface area contributed by atoms with Gasteiger partial charge in [-0.2, -0.15) is 0 Å². The molecule has 1 aromatic rings. The first-order valence-corrected chi connectivity index (χ1v) is 5.44. The summed E-state index contributed by atoms with van der Waals surface area (Å²) < 4.78 is 14.2. The lowest BCUT2D eigenvalue weighted by Crippen LogP contribution is -2.20. The molecular weight excluding hydrogens is 265 g/mol. The van der Waals surface area contributed by atoms with Gasteiger partial charge in [-0.05, 0) is 30.2 Å². The summed E-state index contributed by atoms with van der Waals surface area (Å²) in [5, 5.41) is 0. The number of halogens is 2. The number of hydrogen-bond donors (Lipinski definition) is 1. The molecule has 1 aromatic carbocycles. The summed E-state index contributed by atoms with van der Waals surface area (Å²) in [7, 11) is 0. The highest BCUT2D eigenvalue weighted by Gasteiger charge is 2.10. The van der Waals surface area contributed by atoms with E-state index in [1.807, 2.05) is 6.92 Å². The summed E-state index contributed by atoms with van der Waals surface area (Å²) in [6, 6.07) is 4.86. The minimum Gasteiger partial charge on any atom is -0.393 e. The van der Waals surface area contributed by atoms with Crippen molar-refractivity contribution in [2.75, 3.05) is 0 Å². The predicted octanol–water partition coefficient (Wildman–Crippen LogP) is 3.05. The van der Waals surface area contributed by atoms with Crippen LogP contribution in [0.3, 0.4) is 0 Å². The van der Waals surface area contributed by atoms with Crippen LogP contribution in [0.25, 0.3) is 0 Å². The van der Waals surface area contributed by atoms with Gasteiger partial charge in [0.15, 0.2) is 0 Å². The number of hydrogen-bond acceptors (Lipinski definition) is 1. The van der Waals surface area contributed by atoms with E-state index in [1.165, 1.54) is 6.07 Å². The Bertz CT molecular complexity index is 354. The summed E-state index contributed by atoms with van der Waals surface area (Å²) in [5.41, 5.74) is 6.11. The number of nitrogens with two attached hydrogens (primary N) is 1. The van der Waals surface area contributed by atoms with Gasteiger partial charge in [0.2, 0.25) is 0 Å². The molecule has 2 N–H and O–H groups in total. The molecule has 1 unspecified atom stereocenters. The van der Waals surface area contributed by atoms with Crippen molar-refractivity contribution in [3.63, 3.8) is 0 Å². The Morgan fingerprint density at radius 2 is 2.29 bits per heavy atom. The Morgan fingerprint density at radius 3 is 2.86 bits per heavy atom. The minimum absolute atomic E-state index is 0.0220. The van der Waals surface area contributed by atoms with Crippen molar-refractivity contribution < 1.29 is 4.39 Å². The van der Waals surface area contributed by atoms with Crippen molar-refractivity contribution in [2.24, 2.45) is 11.7 Å². The van der Waals surface area contributed by atoms with Crippen molar-refractivity contribution in [1.82, 2.24) is 0 Å². The van der Waals surface area contributed by atoms with E-state index in [4.69, 9.17) is 18.0 Å². The van der Waals surface area contributed by atoms with Gasteiger partial charge in [-0.15, -0.1) is 0 Å². The zero-order valence-corrected chi connectivity index (χ0v) is 10.2. The van der Waals surface area contributed by atoms with Crippen LogP contribution in [-0.2, 0) is 6.42 Å². The van der Waals surface area contributed by atoms with Crippen molar-refractivity contribution in [2.45, 2.75) is 13.3 Å². The van der Waals surface area contributed by atoms with Gasteiger partial charge in [0.05, 0.1) is 4.99 Å². The lowest BCUT2D eigenvalue weighted by atomic mass is 10.0. The van der Waals surface area contributed by atoms with Crippen LogP contribution in [0.5, 0.6) is 0 Å². The molecule has 0 bridgehead atoms. The second-order valence-corrected chi connectivity index (χ2v) is 4.63. The minimum atomic E-state index is -0.212. The summed E-state index contributed by atoms with van der Waals surface area (Å²) in [6.07, 6.45) is 0.542. The molecule has 1 atom stereocenters. The third kappa shape index (κ3) is 3.03. The van der Waals surface area contributed by atoms with Gasteiger partial charge in [0.1, 0.15) is 5.82 Å². The van der Waals surface area contributed by atoms with E-state index >= 15 is 0 Å². The van der Waals surface area contributed by atoms with E-state index in [9.17, 15) is 4.39 Å². The van der Waals surface area contributed by atoms with Crippen molar-refractivity contribution in [3.05, 3.63) is 34.1 Å². The molecule has 0 aliphatic rings. The van der Waals surface area contributed by atoms with Gasteiger partial charge in [-0.1, -0.05) is 35.1 Å². The van der Waals surface area contributed by atoms with Crippen LogP contribution >= 0.6 is 28.1 Å². The van der Waals surface area contributed by atoms with Gasteiger partial charge in [-0.25, -0.2) is 4.39 Å². The maximum atomic E-state index is 13.3. The van der Waals surface area contributed by atoms with Crippen molar-refractivity contribution in [3.8, 4) is 0 Å². The van der Waals surface area contributed by atoms with E-state index in [1.54, 1.807) is 12.1 Å². The smallest absolute Gasteiger partial charge is 0.126 e. The second-order valence-electron chi connectivity index (χ2n) is 3.24. The largest absolute Gasteiger partial charge is 0.393 e. The molecule has 14 heavy (non-hydrogen) atoms. The fraction of sp³-hybridized carbons (Fsp3) is 0.300. The number of rotatable bonds is 3. The first-order valence-electron chi connectivity index (χ1n) is 4.24. The van der Waals surface area contributed by atoms with Crippen LogP contribution in [0.2, 0.25) is 0 Å². The lowest BCUT2D eigenvalue weighted by molar-refractivity contribution is 0.597. The molecule has 4 heteroatoms. The second kappa shape index (κ2) is 4.84. The zero-order chi connectivity index (χ0) is 10.7. The first kappa shape index (κ1) is 11.6. The first-order chi connectivity index (χ1) is 6.50. The Hall–Kier alpha value is -0.480. The lowest BCUT2D eigenvalue weighted by Gasteiger charge is -2.10. The monoisotopic (exact) mass is 275 g/mol. The molecule has 76 valence electrons. The van der Waals surface area contributed by atoms with Gasteiger partial charge in [0, 0.05) is 10.4 Å². The molecule has 0 spiro atoms. The fourth-order valence-electron chi connectivity index (χ4n) is 1.13. The van der Waals surface area contributed by atoms with E-state index in [2.05, 4.69) is 15.9 Å². The average molecular weight is 276 g/mol. The normalized spacial score (nSPS) is 12.5. The van der Waals surface area contributed by atoms with Crippen molar-refractivity contribution >= 4 is 33.1 Å². The quantitative estimate of drug-likeness (QED) is 0.859. The summed E-state index contributed by atoms with van der Waals surface area (Å²) in [5.74, 6) is -0.190. The zero-order valence-electron chi connectivity index (χ0n) is 7.76. The highest BCUT2D eigenvalue weighted by molar-refractivity contribution is 9.10. The third-order valence-electron chi connectivity index (χ3n) is 2.02. The molecule has 0 aliphatic heterocycles. The van der Waals surface area contributed by atoms with Crippen molar-refractivity contribution in [1.29, 1.82) is 0 Å². The number of benzene rings is 1. The molecule has 0 heterocycles.